The first kappa shape index (κ1) is 25.4. The maximum absolute atomic E-state index is 13.6. The molecular formula is C25H36B3NO13S3. The van der Waals surface area contributed by atoms with Gasteiger partial charge in [-0.3, -0.25) is 4.79 Å². The Morgan fingerprint density at radius 3 is 2.49 bits per heavy atom. The number of hydrogen-bond donors (Lipinski definition) is 5. The van der Waals surface area contributed by atoms with Crippen LogP contribution in [0.5, 0.6) is 11.5 Å². The second-order valence-electron chi connectivity index (χ2n) is 9.75. The van der Waals surface area contributed by atoms with Gasteiger partial charge in [-0.05, 0) is 74.1 Å². The van der Waals surface area contributed by atoms with Crippen molar-refractivity contribution in [1.29, 1.82) is 12.3 Å². The van der Waals surface area contributed by atoms with Gasteiger partial charge in [-0.1, -0.05) is 6.07 Å². The summed E-state index contributed by atoms with van der Waals surface area (Å²) in [5.41, 5.74) is 0.283. The highest BCUT2D eigenvalue weighted by atomic mass is 32.2. The number of carboxylic acid groups (broad SMARTS) is 1. The van der Waals surface area contributed by atoms with Crippen molar-refractivity contribution in [3.63, 3.8) is 0 Å². The number of carbonyl (C=O) groups is 2. The number of carbonyl (C=O) groups excluding carboxylic acids is 1. The van der Waals surface area contributed by atoms with E-state index in [9.17, 15) is 14.7 Å². The van der Waals surface area contributed by atoms with Crippen molar-refractivity contribution in [2.24, 2.45) is 0 Å². The first-order chi connectivity index (χ1) is 25.8. The van der Waals surface area contributed by atoms with E-state index in [2.05, 4.69) is 5.32 Å². The van der Waals surface area contributed by atoms with Crippen LogP contribution in [0.3, 0.4) is 0 Å². The fraction of sp³-hybridized carbons (Fsp3) is 0.600. The van der Waals surface area contributed by atoms with Gasteiger partial charge in [-0.15, -0.1) is 0 Å². The van der Waals surface area contributed by atoms with Crippen LogP contribution in [0.1, 0.15) is 12.5 Å². The fourth-order valence-corrected chi connectivity index (χ4v) is 6.09. The van der Waals surface area contributed by atoms with Crippen molar-refractivity contribution in [2.45, 2.75) is 68.1 Å². The number of fused-ring (bicyclic) bond motifs is 1. The quantitative estimate of drug-likeness (QED) is 0.0512. The Bertz CT molecular complexity index is 1430. The summed E-state index contributed by atoms with van der Waals surface area (Å²) in [5, 5.41) is 26.9. The van der Waals surface area contributed by atoms with E-state index in [4.69, 9.17) is 59.1 Å². The molecule has 0 radical (unpaired) electrons. The lowest BCUT2D eigenvalue weighted by Crippen LogP contribution is -2.67. The number of carboxylic acids is 1. The predicted molar refractivity (Wildman–Crippen MR) is 175 cm³/mol. The van der Waals surface area contributed by atoms with Gasteiger partial charge < -0.3 is 57.2 Å². The van der Waals surface area contributed by atoms with E-state index in [1.807, 2.05) is 0 Å². The molecule has 14 nitrogen and oxygen atoms in total. The number of nitrogens with one attached hydrogen (secondary N) is 1. The van der Waals surface area contributed by atoms with Gasteiger partial charge in [-0.2, -0.15) is 0 Å². The number of amides is 1. The molecule has 1 aliphatic carbocycles. The van der Waals surface area contributed by atoms with Crippen LogP contribution in [0.4, 0.5) is 0 Å². The minimum Gasteiger partial charge on any atom is -0.479 e. The van der Waals surface area contributed by atoms with Crippen LogP contribution in [-0.2, 0) is 32.2 Å². The molecule has 4 rings (SSSR count). The largest absolute Gasteiger partial charge is 0.479 e. The van der Waals surface area contributed by atoms with E-state index >= 15 is 0 Å². The monoisotopic (exact) mass is 702 g/mol. The molecule has 1 saturated carbocycles. The third kappa shape index (κ3) is 8.67. The summed E-state index contributed by atoms with van der Waals surface area (Å²) >= 11 is 2.20. The van der Waals surface area contributed by atoms with Crippen LogP contribution in [-0.4, -0.2) is 153 Å². The molecule has 1 aromatic carbocycles. The Kier molecular flexibility index (Phi) is 9.62. The zero-order valence-corrected chi connectivity index (χ0v) is 26.2. The second kappa shape index (κ2) is 17.0. The second-order valence-corrected chi connectivity index (χ2v) is 12.0. The van der Waals surface area contributed by atoms with Crippen molar-refractivity contribution >= 4 is 77.4 Å². The summed E-state index contributed by atoms with van der Waals surface area (Å²) < 4.78 is 107. The number of rotatable bonds is 21. The van der Waals surface area contributed by atoms with Crippen LogP contribution in [0.15, 0.2) is 23.8 Å². The van der Waals surface area contributed by atoms with Crippen LogP contribution in [0, 0.1) is 0 Å². The Morgan fingerprint density at radius 1 is 1.07 bits per heavy atom. The van der Waals surface area contributed by atoms with Gasteiger partial charge in [0.2, 0.25) is 16.5 Å². The highest BCUT2D eigenvalue weighted by Crippen LogP contribution is 2.37. The minimum absolute atomic E-state index is 0.00852. The molecule has 0 spiro atoms. The standard InChI is InChI=1S/C25H36B3NO13S3/c1-10(23(33)29-14-15(30)16(31)19-21(37-9-36-19)18(14)41-44-7-27)4-11-2-3-12(13(5-11)40-43-6-26)38-25-17(32)20(42-45-8-28)22(39-25)24(34)35/h2-5,14-22,25,30-32H,6-9,26-28H2,1H3,(H,29,33)(H,34,35)/t14-,15+,16-,17+,18-,19-,20+,21+,22+,25-/m1/s1/i26TD,27TD,28TD,30T,31T,32T. The minimum atomic E-state index is -1.64. The average molecular weight is 702 g/mol. The van der Waals surface area contributed by atoms with Gasteiger partial charge >= 0.3 is 5.97 Å². The molecule has 3 fully saturated rings. The Balaban J connectivity index is 1.56. The SMILES string of the molecule is [2H]B([3H])CSOc1cc(C=C(C)C(=O)N[C@H]2[C@@H](OSCB([2H])[3H])[C@@H]3OCO[C@@H]3[C@H](O[3H])[C@H]2O[3H])ccc1O[C@@H]1O[C@H](C(=O)O)[C@@H](OSCB([2H])[3H])[C@@H]1O[3H]. The van der Waals surface area contributed by atoms with E-state index < -0.39 is 96.4 Å². The summed E-state index contributed by atoms with van der Waals surface area (Å²) in [6.07, 6.45) is -9.57. The molecule has 10 atom stereocenters. The molecule has 2 saturated heterocycles. The maximum atomic E-state index is 13.6. The van der Waals surface area contributed by atoms with Gasteiger partial charge in [0.1, 0.15) is 72.8 Å². The van der Waals surface area contributed by atoms with Crippen molar-refractivity contribution in [1.82, 2.24) is 5.32 Å². The van der Waals surface area contributed by atoms with Crippen LogP contribution in [0.25, 0.3) is 6.08 Å². The summed E-state index contributed by atoms with van der Waals surface area (Å²) in [6.45, 7) is 1.31. The van der Waals surface area contributed by atoms with Gasteiger partial charge in [-0.25, -0.2) is 4.79 Å². The van der Waals surface area contributed by atoms with Gasteiger partial charge in [0, 0.05) is 23.3 Å². The predicted octanol–water partition coefficient (Wildman–Crippen LogP) is -2.53. The van der Waals surface area contributed by atoms with Crippen molar-refractivity contribution in [3.8, 4) is 11.5 Å². The van der Waals surface area contributed by atoms with E-state index in [0.717, 1.165) is 24.1 Å². The lowest BCUT2D eigenvalue weighted by molar-refractivity contribution is -0.161. The molecule has 45 heavy (non-hydrogen) atoms. The first-order valence-electron chi connectivity index (χ1n) is 18.1. The molecule has 3 aliphatic rings. The zero-order valence-electron chi connectivity index (χ0n) is 32.7. The van der Waals surface area contributed by atoms with E-state index in [1.54, 1.807) is 0 Å². The van der Waals surface area contributed by atoms with E-state index in [-0.39, 0.29) is 40.8 Å². The molecule has 20 heteroatoms. The molecule has 246 valence electrons. The van der Waals surface area contributed by atoms with Gasteiger partial charge in [0.25, 0.3) is 0 Å². The van der Waals surface area contributed by atoms with E-state index in [1.165, 1.54) is 31.2 Å². The molecule has 2 aliphatic heterocycles. The molecule has 0 unspecified atom stereocenters. The zero-order chi connectivity index (χ0) is 39.5. The topological polar surface area (TPSA) is 192 Å². The lowest BCUT2D eigenvalue weighted by Gasteiger charge is -2.43. The third-order valence-electron chi connectivity index (χ3n) is 6.90. The van der Waals surface area contributed by atoms with Crippen LogP contribution >= 0.6 is 36.1 Å². The lowest BCUT2D eigenvalue weighted by atomic mass is 9.83. The molecule has 0 aromatic heterocycles. The van der Waals surface area contributed by atoms with Crippen molar-refractivity contribution in [2.75, 3.05) is 23.7 Å². The van der Waals surface area contributed by atoms with Gasteiger partial charge in [0.05, 0.1) is 6.04 Å². The molecular weight excluding hydrogens is 651 g/mol. The maximum Gasteiger partial charge on any atom is 0.335 e. The molecule has 1 aromatic rings. The fourth-order valence-electron chi connectivity index (χ4n) is 4.85. The summed E-state index contributed by atoms with van der Waals surface area (Å²) in [7, 11) is -3.72. The molecule has 5 N–H and O–H groups in total. The third-order valence-corrected chi connectivity index (χ3v) is 8.32. The smallest absolute Gasteiger partial charge is 0.335 e. The van der Waals surface area contributed by atoms with Gasteiger partial charge in [0.15, 0.2) is 17.6 Å². The number of aliphatic hydroxyl groups is 3. The highest BCUT2D eigenvalue weighted by Gasteiger charge is 2.55. The normalized spacial score (nSPS) is 35.5. The number of benzene rings is 1. The first-order valence-corrected chi connectivity index (χ1v) is 16.2. The van der Waals surface area contributed by atoms with Crippen LogP contribution < -0.4 is 14.2 Å². The summed E-state index contributed by atoms with van der Waals surface area (Å²) in [5.74, 6) is -2.10. The average Bonchev–Trinajstić information content (AvgIpc) is 3.74. The molecule has 2 heterocycles. The number of ether oxygens (including phenoxy) is 4. The highest BCUT2D eigenvalue weighted by molar-refractivity contribution is 7.96. The summed E-state index contributed by atoms with van der Waals surface area (Å²) in [6, 6.07) is 3.26. The molecule has 0 bridgehead atoms. The van der Waals surface area contributed by atoms with Crippen molar-refractivity contribution < 1.29 is 61.5 Å². The Hall–Kier alpha value is -1.58. The summed E-state index contributed by atoms with van der Waals surface area (Å²) in [4.78, 5) is 25.6. The Morgan fingerprint density at radius 2 is 1.78 bits per heavy atom. The van der Waals surface area contributed by atoms with E-state index in [0.29, 0.717) is 17.6 Å². The number of aliphatic carboxylic acids is 1. The number of aliphatic hydroxyl groups excluding tert-OH is 3. The Labute approximate surface area is 289 Å². The van der Waals surface area contributed by atoms with Crippen molar-refractivity contribution in [3.05, 3.63) is 29.3 Å². The molecule has 1 amide bonds. The van der Waals surface area contributed by atoms with Crippen LogP contribution in [0.2, 0.25) is 0 Å². The number of hydrogen-bond acceptors (Lipinski definition) is 15.